The monoisotopic (exact) mass is 779 g/mol. The van der Waals surface area contributed by atoms with Gasteiger partial charge < -0.3 is 55.8 Å². The molecule has 0 aromatic carbocycles. The summed E-state index contributed by atoms with van der Waals surface area (Å²) in [5.41, 5.74) is 11.5. The van der Waals surface area contributed by atoms with Crippen molar-refractivity contribution in [2.75, 3.05) is 19.9 Å². The molecule has 7 saturated heterocycles. The topological polar surface area (TPSA) is 349 Å². The lowest BCUT2D eigenvalue weighted by Gasteiger charge is -2.48. The highest BCUT2D eigenvalue weighted by molar-refractivity contribution is 8.48. The van der Waals surface area contributed by atoms with E-state index in [2.05, 4.69) is 14.6 Å². The predicted molar refractivity (Wildman–Crippen MR) is 155 cm³/mol. The molecule has 3 spiro atoms. The van der Waals surface area contributed by atoms with Crippen LogP contribution in [0, 0.1) is 0 Å². The van der Waals surface area contributed by atoms with E-state index < -0.39 is 118 Å². The number of quaternary nitrogens is 1. The lowest BCUT2D eigenvalue weighted by molar-refractivity contribution is -0.855. The number of primary amides is 1. The maximum Gasteiger partial charge on any atom is 0.481 e. The Morgan fingerprint density at radius 1 is 1.10 bits per heavy atom. The minimum atomic E-state index is -5.47. The third-order valence-corrected chi connectivity index (χ3v) is 18.1. The molecule has 1 aromatic heterocycles. The zero-order valence-corrected chi connectivity index (χ0v) is 28.1. The molecule has 9 rings (SSSR count). The summed E-state index contributed by atoms with van der Waals surface area (Å²) >= 11 is 0. The zero-order chi connectivity index (χ0) is 35.3. The number of aliphatic hydroxyl groups is 3. The van der Waals surface area contributed by atoms with Gasteiger partial charge in [0, 0.05) is 6.07 Å². The summed E-state index contributed by atoms with van der Waals surface area (Å²) in [5, 5.41) is 35.1. The second kappa shape index (κ2) is 10.6. The van der Waals surface area contributed by atoms with Crippen molar-refractivity contribution in [2.24, 2.45) is 16.5 Å². The Bertz CT molecular complexity index is 1790. The molecule has 0 radical (unpaired) electrons. The van der Waals surface area contributed by atoms with Crippen molar-refractivity contribution in [1.29, 1.82) is 0 Å². The van der Waals surface area contributed by atoms with Crippen LogP contribution < -0.4 is 21.4 Å². The first-order valence-corrected chi connectivity index (χ1v) is 20.5. The van der Waals surface area contributed by atoms with Gasteiger partial charge in [0.15, 0.2) is 24.6 Å². The molecule has 1 aromatic rings. The SMILES string of the molecule is NC(=O)c1ccc[n+]([C@@H]2O[C@H](COP(=O)(O)OP(=O)(O)OC[C@H]3O[C@@H]([N@@+]45CN[C@@]67C(N)N=CN8[C@]64S875)[C@H](OP(=O)(O)O)[C@@H]3O)[C@@H](O)[C@H]2O)c1. The minimum absolute atomic E-state index is 0.0550. The largest absolute Gasteiger partial charge is 0.481 e. The van der Waals surface area contributed by atoms with Gasteiger partial charge in [-0.3, -0.25) is 23.4 Å². The van der Waals surface area contributed by atoms with Gasteiger partial charge in [-0.05, 0) is 6.07 Å². The van der Waals surface area contributed by atoms with Crippen LogP contribution in [-0.4, -0.2) is 134 Å². The van der Waals surface area contributed by atoms with Crippen molar-refractivity contribution in [1.82, 2.24) is 9.62 Å². The van der Waals surface area contributed by atoms with Crippen LogP contribution in [0.15, 0.2) is 29.5 Å². The zero-order valence-electron chi connectivity index (χ0n) is 24.6. The number of fused-ring (bicyclic) bond motifs is 1. The van der Waals surface area contributed by atoms with Crippen molar-refractivity contribution < 1.29 is 89.2 Å². The summed E-state index contributed by atoms with van der Waals surface area (Å²) in [7, 11) is -17.8. The lowest BCUT2D eigenvalue weighted by atomic mass is 10.1. The van der Waals surface area contributed by atoms with E-state index in [4.69, 9.17) is 34.5 Å². The Labute approximate surface area is 276 Å². The third-order valence-electron chi connectivity index (χ3n) is 9.85. The van der Waals surface area contributed by atoms with E-state index in [-0.39, 0.29) is 16.1 Å². The lowest BCUT2D eigenvalue weighted by Crippen LogP contribution is -2.71. The molecule has 12 N–H and O–H groups in total. The van der Waals surface area contributed by atoms with E-state index in [0.717, 1.165) is 0 Å². The summed E-state index contributed by atoms with van der Waals surface area (Å²) in [5.74, 6) is -0.778. The van der Waals surface area contributed by atoms with Crippen LogP contribution in [0.5, 0.6) is 0 Å². The van der Waals surface area contributed by atoms with Crippen LogP contribution in [0.1, 0.15) is 16.6 Å². The maximum absolute atomic E-state index is 12.7. The Kier molecular flexibility index (Phi) is 7.44. The highest BCUT2D eigenvalue weighted by Crippen LogP contribution is 3.29. The van der Waals surface area contributed by atoms with E-state index in [1.807, 2.05) is 4.31 Å². The number of nitrogens with zero attached hydrogens (tertiary/aromatic N) is 4. The number of nitrogens with one attached hydrogen (secondary N) is 1. The quantitative estimate of drug-likeness (QED) is 0.0390. The summed E-state index contributed by atoms with van der Waals surface area (Å²) in [6, 6.07) is 2.82. The number of hydrogen-bond donors (Lipinski definition) is 10. The third kappa shape index (κ3) is 4.29. The van der Waals surface area contributed by atoms with Gasteiger partial charge >= 0.3 is 28.5 Å². The first-order chi connectivity index (χ1) is 22.8. The first kappa shape index (κ1) is 34.6. The smallest absolute Gasteiger partial charge is 0.387 e. The molecule has 8 aliphatic heterocycles. The summed E-state index contributed by atoms with van der Waals surface area (Å²) in [6.45, 7) is -1.64. The summed E-state index contributed by atoms with van der Waals surface area (Å²) in [4.78, 5) is 54.2. The number of aliphatic imine (C=N–C) groups is 1. The number of aliphatic hydroxyl groups excluding tert-OH is 3. The van der Waals surface area contributed by atoms with Crippen LogP contribution in [-0.2, 0) is 41.1 Å². The maximum atomic E-state index is 12.7. The number of pyridine rings is 1. The molecule has 272 valence electrons. The molecule has 15 atom stereocenters. The molecule has 24 nitrogen and oxygen atoms in total. The standard InChI is InChI=1S/C21H30N7O17P3S/c22-16(32)9-2-1-3-26(4-9)17-14(31)12(29)10(42-17)5-40-47(36,37)45-48(38,39)41-6-11-13(30)15(44-46(33,34)35)18(43-11)28-8-25-20-19(23)24-7-27-21(20,28)49(20,27)28/h1-4,7,10-15,17-19,25,29-31H,5-6,8,23H2,(H4-2,22,32,33,34,35,36,37,38,39)/p+2/t10-,11-,12-,13-,14-,15-,17-,18-,19?,20-,21-,27?,28+/m1/s1. The fourth-order valence-corrected chi connectivity index (χ4v) is 17.1. The van der Waals surface area contributed by atoms with Gasteiger partial charge in [-0.2, -0.15) is 12.8 Å². The van der Waals surface area contributed by atoms with Gasteiger partial charge in [0.25, 0.3) is 17.0 Å². The highest BCUT2D eigenvalue weighted by atomic mass is 32.3. The number of carbonyl (C=O) groups excluding carboxylic acids is 1. The van der Waals surface area contributed by atoms with Crippen LogP contribution in [0.2, 0.25) is 0 Å². The van der Waals surface area contributed by atoms with Gasteiger partial charge in [0.1, 0.15) is 59.6 Å². The van der Waals surface area contributed by atoms with Crippen LogP contribution in [0.3, 0.4) is 0 Å². The van der Waals surface area contributed by atoms with Gasteiger partial charge in [0.05, 0.1) is 13.2 Å². The highest BCUT2D eigenvalue weighted by Gasteiger charge is 3.41. The molecular weight excluding hydrogens is 747 g/mol. The average molecular weight is 780 g/mol. The van der Waals surface area contributed by atoms with Crippen molar-refractivity contribution in [3.63, 3.8) is 0 Å². The first-order valence-electron chi connectivity index (χ1n) is 14.4. The second-order valence-electron chi connectivity index (χ2n) is 12.2. The Hall–Kier alpha value is -1.51. The number of nitrogens with two attached hydrogens (primary N) is 2. The fraction of sp³-hybridized carbons (Fsp3) is 0.667. The molecule has 7 fully saturated rings. The van der Waals surface area contributed by atoms with Crippen LogP contribution in [0.25, 0.3) is 0 Å². The summed E-state index contributed by atoms with van der Waals surface area (Å²) < 4.78 is 70.7. The number of amides is 1. The van der Waals surface area contributed by atoms with Gasteiger partial charge in [-0.1, -0.05) is 0 Å². The van der Waals surface area contributed by atoms with Gasteiger partial charge in [0.2, 0.25) is 6.23 Å². The molecular formula is C21H32N7O17P3S+2. The minimum Gasteiger partial charge on any atom is -0.387 e. The molecule has 2 bridgehead atoms. The molecule has 8 aliphatic rings. The van der Waals surface area contributed by atoms with Crippen molar-refractivity contribution >= 4 is 46.1 Å². The van der Waals surface area contributed by atoms with E-state index in [0.29, 0.717) is 0 Å². The molecule has 28 heteroatoms. The number of phosphoric acid groups is 3. The van der Waals surface area contributed by atoms with Crippen molar-refractivity contribution in [3.8, 4) is 0 Å². The van der Waals surface area contributed by atoms with Crippen LogP contribution in [0.4, 0.5) is 0 Å². The molecule has 4 unspecified atom stereocenters. The molecule has 9 heterocycles. The van der Waals surface area contributed by atoms with E-state index in [9.17, 15) is 53.4 Å². The average Bonchev–Trinajstić information content (AvgIpc) is 3.82. The Balaban J connectivity index is 0.890. The Morgan fingerprint density at radius 2 is 1.73 bits per heavy atom. The van der Waals surface area contributed by atoms with Crippen molar-refractivity contribution in [3.05, 3.63) is 30.1 Å². The Morgan fingerprint density at radius 3 is 2.35 bits per heavy atom. The second-order valence-corrected chi connectivity index (χ2v) is 19.8. The summed E-state index contributed by atoms with van der Waals surface area (Å²) in [6.07, 6.45) is -8.46. The number of phosphoric ester groups is 3. The normalized spacial score (nSPS) is 49.0. The molecule has 0 saturated carbocycles. The van der Waals surface area contributed by atoms with Gasteiger partial charge in [-0.15, -0.1) is 0 Å². The number of hydrogen-bond acceptors (Lipinski definition) is 17. The van der Waals surface area contributed by atoms with Crippen molar-refractivity contribution in [2.45, 2.75) is 65.1 Å². The number of rotatable bonds is 13. The fourth-order valence-electron chi connectivity index (χ4n) is 8.00. The molecule has 0 aliphatic carbocycles. The van der Waals surface area contributed by atoms with E-state index in [1.54, 1.807) is 6.34 Å². The number of ether oxygens (including phenoxy) is 2. The van der Waals surface area contributed by atoms with Gasteiger partial charge in [-0.25, -0.2) is 23.3 Å². The van der Waals surface area contributed by atoms with E-state index >= 15 is 0 Å². The molecule has 1 amide bonds. The van der Waals surface area contributed by atoms with E-state index in [1.165, 1.54) is 29.1 Å². The molecule has 49 heavy (non-hydrogen) atoms. The number of carbonyl (C=O) groups is 1. The van der Waals surface area contributed by atoms with Crippen LogP contribution >= 0.6 is 33.9 Å². The predicted octanol–water partition coefficient (Wildman–Crippen LogP) is -4.46. The number of aromatic nitrogens is 1.